The normalized spacial score (nSPS) is 21.6. The number of hydrogen-bond acceptors (Lipinski definition) is 10. The summed E-state index contributed by atoms with van der Waals surface area (Å²) in [6.07, 6.45) is 31.9. The Labute approximate surface area is 366 Å². The molecule has 1 aliphatic rings. The first-order valence-corrected chi connectivity index (χ1v) is 25.1. The van der Waals surface area contributed by atoms with Gasteiger partial charge in [0.05, 0.1) is 25.4 Å². The van der Waals surface area contributed by atoms with Crippen LogP contribution in [0.1, 0.15) is 226 Å². The number of rotatable bonds is 42. The third-order valence-electron chi connectivity index (χ3n) is 12.3. The summed E-state index contributed by atoms with van der Waals surface area (Å²) in [5, 5.41) is 75.2. The van der Waals surface area contributed by atoms with Crippen LogP contribution in [-0.2, 0) is 14.3 Å². The van der Waals surface area contributed by atoms with Crippen molar-refractivity contribution in [1.29, 1.82) is 0 Å². The van der Waals surface area contributed by atoms with E-state index in [9.17, 15) is 40.5 Å². The molecule has 0 aromatic rings. The van der Waals surface area contributed by atoms with E-state index in [2.05, 4.69) is 31.3 Å². The smallest absolute Gasteiger partial charge is 0.249 e. The summed E-state index contributed by atoms with van der Waals surface area (Å²) >= 11 is 0. The van der Waals surface area contributed by atoms with E-state index < -0.39 is 74.2 Å². The maximum atomic E-state index is 13.0. The van der Waals surface area contributed by atoms with Crippen LogP contribution in [0.5, 0.6) is 0 Å². The highest BCUT2D eigenvalue weighted by Crippen LogP contribution is 2.23. The Morgan fingerprint density at radius 1 is 0.567 bits per heavy atom. The van der Waals surface area contributed by atoms with Gasteiger partial charge in [0, 0.05) is 0 Å². The molecule has 9 atom stereocenters. The number of nitrogens with one attached hydrogen (secondary N) is 1. The highest BCUT2D eigenvalue weighted by atomic mass is 16.7. The molecule has 0 bridgehead atoms. The van der Waals surface area contributed by atoms with Crippen molar-refractivity contribution in [3.63, 3.8) is 0 Å². The molecule has 60 heavy (non-hydrogen) atoms. The molecule has 1 aliphatic heterocycles. The van der Waals surface area contributed by atoms with Crippen LogP contribution in [0.3, 0.4) is 0 Å². The van der Waals surface area contributed by atoms with Crippen LogP contribution < -0.4 is 5.32 Å². The van der Waals surface area contributed by atoms with Crippen molar-refractivity contribution in [1.82, 2.24) is 5.32 Å². The SMILES string of the molecule is CCCCCCCCCCCCCC/C=C\CCCCCCCCCCCCCC(O)C(=O)NC(COC1OC(CO)C(O)C(O)C1O)C(O)C(O)CCCCCCCC. The van der Waals surface area contributed by atoms with Gasteiger partial charge >= 0.3 is 0 Å². The average molecular weight is 858 g/mol. The monoisotopic (exact) mass is 858 g/mol. The Hall–Kier alpha value is -1.15. The molecule has 8 N–H and O–H groups in total. The first-order chi connectivity index (χ1) is 29.2. The number of amides is 1. The lowest BCUT2D eigenvalue weighted by atomic mass is 9.98. The van der Waals surface area contributed by atoms with Gasteiger partial charge in [0.1, 0.15) is 36.6 Å². The lowest BCUT2D eigenvalue weighted by Gasteiger charge is -2.40. The van der Waals surface area contributed by atoms with Gasteiger partial charge < -0.3 is 50.5 Å². The highest BCUT2D eigenvalue weighted by molar-refractivity contribution is 5.80. The van der Waals surface area contributed by atoms with E-state index in [0.717, 1.165) is 51.4 Å². The zero-order valence-electron chi connectivity index (χ0n) is 38.5. The van der Waals surface area contributed by atoms with Gasteiger partial charge in [-0.05, 0) is 38.5 Å². The van der Waals surface area contributed by atoms with Gasteiger partial charge in [-0.3, -0.25) is 4.79 Å². The third kappa shape index (κ3) is 28.5. The van der Waals surface area contributed by atoms with E-state index >= 15 is 0 Å². The third-order valence-corrected chi connectivity index (χ3v) is 12.3. The molecule has 1 rings (SSSR count). The van der Waals surface area contributed by atoms with Crippen LogP contribution in [-0.4, -0.2) is 110 Å². The second-order valence-corrected chi connectivity index (χ2v) is 17.9. The Balaban J connectivity index is 2.20. The van der Waals surface area contributed by atoms with Crippen molar-refractivity contribution in [2.45, 2.75) is 281 Å². The van der Waals surface area contributed by atoms with E-state index in [0.29, 0.717) is 19.3 Å². The van der Waals surface area contributed by atoms with Crippen LogP contribution in [0.25, 0.3) is 0 Å². The van der Waals surface area contributed by atoms with E-state index in [-0.39, 0.29) is 6.42 Å². The summed E-state index contributed by atoms with van der Waals surface area (Å²) in [4.78, 5) is 13.0. The first-order valence-electron chi connectivity index (χ1n) is 25.1. The maximum Gasteiger partial charge on any atom is 0.249 e. The zero-order valence-corrected chi connectivity index (χ0v) is 38.5. The van der Waals surface area contributed by atoms with Crippen molar-refractivity contribution in [2.24, 2.45) is 0 Å². The molecule has 0 aromatic heterocycles. The van der Waals surface area contributed by atoms with Crippen LogP contribution >= 0.6 is 0 Å². The van der Waals surface area contributed by atoms with Crippen LogP contribution in [0.15, 0.2) is 12.2 Å². The van der Waals surface area contributed by atoms with E-state index in [1.54, 1.807) is 0 Å². The second-order valence-electron chi connectivity index (χ2n) is 17.9. The van der Waals surface area contributed by atoms with Gasteiger partial charge in [-0.15, -0.1) is 0 Å². The fourth-order valence-corrected chi connectivity index (χ4v) is 8.14. The molecule has 0 aromatic carbocycles. The summed E-state index contributed by atoms with van der Waals surface area (Å²) in [5.41, 5.74) is 0. The number of ether oxygens (including phenoxy) is 2. The summed E-state index contributed by atoms with van der Waals surface area (Å²) in [6, 6.07) is -1.16. The molecule has 0 saturated carbocycles. The molecule has 0 spiro atoms. The number of allylic oxidation sites excluding steroid dienone is 2. The topological polar surface area (TPSA) is 189 Å². The first kappa shape index (κ1) is 56.9. The molecule has 1 heterocycles. The van der Waals surface area contributed by atoms with E-state index in [4.69, 9.17) is 9.47 Å². The molecule has 1 saturated heterocycles. The molecule has 0 radical (unpaired) electrons. The van der Waals surface area contributed by atoms with Crippen molar-refractivity contribution >= 4 is 5.91 Å². The Morgan fingerprint density at radius 3 is 1.40 bits per heavy atom. The van der Waals surface area contributed by atoms with Gasteiger partial charge in [-0.25, -0.2) is 0 Å². The van der Waals surface area contributed by atoms with Crippen LogP contribution in [0, 0.1) is 0 Å². The summed E-state index contributed by atoms with van der Waals surface area (Å²) in [7, 11) is 0. The summed E-state index contributed by atoms with van der Waals surface area (Å²) < 4.78 is 11.0. The average Bonchev–Trinajstić information content (AvgIpc) is 3.25. The van der Waals surface area contributed by atoms with Crippen LogP contribution in [0.4, 0.5) is 0 Å². The molecular formula is C49H95NO10. The minimum atomic E-state index is -1.66. The minimum Gasteiger partial charge on any atom is -0.394 e. The highest BCUT2D eigenvalue weighted by Gasteiger charge is 2.44. The van der Waals surface area contributed by atoms with Crippen molar-refractivity contribution in [3.8, 4) is 0 Å². The predicted octanol–water partition coefficient (Wildman–Crippen LogP) is 8.84. The number of aliphatic hydroxyl groups is 7. The van der Waals surface area contributed by atoms with Gasteiger partial charge in [-0.1, -0.05) is 199 Å². The maximum absolute atomic E-state index is 13.0. The fourth-order valence-electron chi connectivity index (χ4n) is 8.14. The number of carbonyl (C=O) groups is 1. The van der Waals surface area contributed by atoms with Gasteiger partial charge in [0.25, 0.3) is 0 Å². The Morgan fingerprint density at radius 2 is 0.967 bits per heavy atom. The van der Waals surface area contributed by atoms with Crippen molar-refractivity contribution in [3.05, 3.63) is 12.2 Å². The van der Waals surface area contributed by atoms with Gasteiger partial charge in [-0.2, -0.15) is 0 Å². The van der Waals surface area contributed by atoms with E-state index in [1.807, 2.05) is 0 Å². The standard InChI is InChI=1S/C49H95NO10/c1-3-5-7-9-11-12-13-14-15-16-17-18-19-20-21-22-23-24-25-26-27-28-29-30-31-33-35-37-42(53)48(58)50-40(44(54)41(52)36-34-32-10-8-6-4-2)39-59-49-47(57)46(56)45(55)43(38-51)60-49/h20-21,40-47,49,51-57H,3-19,22-39H2,1-2H3,(H,50,58)/b21-20-. The lowest BCUT2D eigenvalue weighted by Crippen LogP contribution is -2.60. The number of unbranched alkanes of at least 4 members (excludes halogenated alkanes) is 28. The number of hydrogen-bond donors (Lipinski definition) is 8. The Bertz CT molecular complexity index is 986. The molecule has 11 heteroatoms. The molecule has 0 aliphatic carbocycles. The summed E-state index contributed by atoms with van der Waals surface area (Å²) in [6.45, 7) is 3.37. The Kier molecular flexibility index (Phi) is 37.4. The molecule has 11 nitrogen and oxygen atoms in total. The summed E-state index contributed by atoms with van der Waals surface area (Å²) in [5.74, 6) is -0.700. The molecule has 1 amide bonds. The lowest BCUT2D eigenvalue weighted by molar-refractivity contribution is -0.303. The minimum absolute atomic E-state index is 0.261. The van der Waals surface area contributed by atoms with Crippen molar-refractivity contribution < 1.29 is 50.0 Å². The molecule has 9 unspecified atom stereocenters. The molecule has 1 fully saturated rings. The van der Waals surface area contributed by atoms with Crippen molar-refractivity contribution in [2.75, 3.05) is 13.2 Å². The fraction of sp³-hybridized carbons (Fsp3) is 0.939. The van der Waals surface area contributed by atoms with Gasteiger partial charge in [0.15, 0.2) is 6.29 Å². The molecular weight excluding hydrogens is 763 g/mol. The van der Waals surface area contributed by atoms with E-state index in [1.165, 1.54) is 135 Å². The quantitative estimate of drug-likeness (QED) is 0.0218. The second kappa shape index (κ2) is 39.4. The largest absolute Gasteiger partial charge is 0.394 e. The molecule has 356 valence electrons. The predicted molar refractivity (Wildman–Crippen MR) is 243 cm³/mol. The number of aliphatic hydroxyl groups excluding tert-OH is 7. The van der Waals surface area contributed by atoms with Crippen LogP contribution in [0.2, 0.25) is 0 Å². The zero-order chi connectivity index (χ0) is 44.1. The number of carbonyl (C=O) groups excluding carboxylic acids is 1. The van der Waals surface area contributed by atoms with Gasteiger partial charge in [0.2, 0.25) is 5.91 Å².